The molecule has 0 saturated carbocycles. The van der Waals surface area contributed by atoms with E-state index in [0.29, 0.717) is 43.1 Å². The smallest absolute Gasteiger partial charge is 0.257 e. The molecule has 0 aliphatic heterocycles. The molecular weight excluding hydrogens is 335 g/mol. The molecule has 0 bridgehead atoms. The third kappa shape index (κ3) is 6.04. The predicted octanol–water partition coefficient (Wildman–Crippen LogP) is 2.68. The van der Waals surface area contributed by atoms with Crippen molar-refractivity contribution in [1.82, 2.24) is 10.6 Å². The van der Waals surface area contributed by atoms with Crippen molar-refractivity contribution in [1.29, 1.82) is 0 Å². The summed E-state index contributed by atoms with van der Waals surface area (Å²) in [6, 6.07) is 12.3. The van der Waals surface area contributed by atoms with Crippen molar-refractivity contribution in [2.45, 2.75) is 19.9 Å². The topological polar surface area (TPSA) is 59.6 Å². The molecular formula is C20H25FN2O3. The standard InChI is InChI=1S/C20H25FN2O3/c1-3-23-20(24)14-26-18-9-8-15(12-19(18)25-2)13-22-11-10-16-6-4-5-7-17(16)21/h4-9,12,22H,3,10-11,13-14H2,1-2H3,(H,23,24). The van der Waals surface area contributed by atoms with E-state index in [4.69, 9.17) is 9.47 Å². The lowest BCUT2D eigenvalue weighted by Gasteiger charge is -2.12. The van der Waals surface area contributed by atoms with Gasteiger partial charge in [0.2, 0.25) is 0 Å². The molecule has 2 rings (SSSR count). The highest BCUT2D eigenvalue weighted by Crippen LogP contribution is 2.28. The second kappa shape index (κ2) is 10.4. The Kier molecular flexibility index (Phi) is 7.89. The van der Waals surface area contributed by atoms with Gasteiger partial charge in [-0.25, -0.2) is 4.39 Å². The highest BCUT2D eigenvalue weighted by molar-refractivity contribution is 5.77. The molecule has 0 aliphatic rings. The van der Waals surface area contributed by atoms with Gasteiger partial charge in [-0.15, -0.1) is 0 Å². The Bertz CT molecular complexity index is 722. The van der Waals surface area contributed by atoms with Crippen molar-refractivity contribution in [2.75, 3.05) is 26.8 Å². The van der Waals surface area contributed by atoms with Crippen LogP contribution < -0.4 is 20.1 Å². The molecule has 140 valence electrons. The van der Waals surface area contributed by atoms with Crippen LogP contribution in [0.1, 0.15) is 18.1 Å². The van der Waals surface area contributed by atoms with Crippen LogP contribution in [0, 0.1) is 5.82 Å². The average molecular weight is 360 g/mol. The molecule has 0 saturated heterocycles. The molecule has 6 heteroatoms. The molecule has 0 aromatic heterocycles. The predicted molar refractivity (Wildman–Crippen MR) is 99.0 cm³/mol. The zero-order chi connectivity index (χ0) is 18.8. The lowest BCUT2D eigenvalue weighted by molar-refractivity contribution is -0.123. The Hall–Kier alpha value is -2.60. The molecule has 0 atom stereocenters. The fourth-order valence-corrected chi connectivity index (χ4v) is 2.49. The normalized spacial score (nSPS) is 10.4. The number of methoxy groups -OCH3 is 1. The summed E-state index contributed by atoms with van der Waals surface area (Å²) in [6.07, 6.45) is 0.623. The number of likely N-dealkylation sites (N-methyl/N-ethyl adjacent to an activating group) is 1. The number of nitrogens with one attached hydrogen (secondary N) is 2. The Morgan fingerprint density at radius 2 is 1.96 bits per heavy atom. The summed E-state index contributed by atoms with van der Waals surface area (Å²) in [5.74, 6) is 0.745. The number of benzene rings is 2. The zero-order valence-electron chi connectivity index (χ0n) is 15.2. The van der Waals surface area contributed by atoms with E-state index in [9.17, 15) is 9.18 Å². The number of carbonyl (C=O) groups is 1. The Morgan fingerprint density at radius 3 is 2.69 bits per heavy atom. The Morgan fingerprint density at radius 1 is 1.15 bits per heavy atom. The van der Waals surface area contributed by atoms with E-state index in [1.165, 1.54) is 6.07 Å². The number of halogens is 1. The van der Waals surface area contributed by atoms with E-state index in [2.05, 4.69) is 10.6 Å². The second-order valence-corrected chi connectivity index (χ2v) is 5.75. The largest absolute Gasteiger partial charge is 0.493 e. The van der Waals surface area contributed by atoms with Gasteiger partial charge in [-0.05, 0) is 49.2 Å². The fourth-order valence-electron chi connectivity index (χ4n) is 2.49. The average Bonchev–Trinajstić information content (AvgIpc) is 2.65. The number of ether oxygens (including phenoxy) is 2. The number of amides is 1. The van der Waals surface area contributed by atoms with Crippen LogP contribution in [0.3, 0.4) is 0 Å². The molecule has 2 N–H and O–H groups in total. The van der Waals surface area contributed by atoms with Gasteiger partial charge in [-0.3, -0.25) is 4.79 Å². The number of hydrogen-bond acceptors (Lipinski definition) is 4. The van der Waals surface area contributed by atoms with Crippen molar-refractivity contribution in [2.24, 2.45) is 0 Å². The van der Waals surface area contributed by atoms with Gasteiger partial charge in [-0.1, -0.05) is 24.3 Å². The van der Waals surface area contributed by atoms with Crippen LogP contribution in [0.5, 0.6) is 11.5 Å². The van der Waals surface area contributed by atoms with Gasteiger partial charge in [0.1, 0.15) is 5.82 Å². The Labute approximate surface area is 153 Å². The summed E-state index contributed by atoms with van der Waals surface area (Å²) in [4.78, 5) is 11.5. The first-order valence-electron chi connectivity index (χ1n) is 8.64. The molecule has 5 nitrogen and oxygen atoms in total. The number of hydrogen-bond donors (Lipinski definition) is 2. The summed E-state index contributed by atoms with van der Waals surface area (Å²) < 4.78 is 24.4. The second-order valence-electron chi connectivity index (χ2n) is 5.75. The van der Waals surface area contributed by atoms with Crippen molar-refractivity contribution in [3.63, 3.8) is 0 Å². The monoisotopic (exact) mass is 360 g/mol. The van der Waals surface area contributed by atoms with E-state index in [-0.39, 0.29) is 18.3 Å². The Balaban J connectivity index is 1.84. The first kappa shape index (κ1) is 19.7. The van der Waals surface area contributed by atoms with Gasteiger partial charge in [0.05, 0.1) is 7.11 Å². The van der Waals surface area contributed by atoms with Crippen molar-refractivity contribution in [3.05, 3.63) is 59.4 Å². The number of carbonyl (C=O) groups excluding carboxylic acids is 1. The summed E-state index contributed by atoms with van der Waals surface area (Å²) >= 11 is 0. The van der Waals surface area contributed by atoms with E-state index in [1.807, 2.05) is 25.1 Å². The summed E-state index contributed by atoms with van der Waals surface area (Å²) in [6.45, 7) is 3.66. The molecule has 26 heavy (non-hydrogen) atoms. The van der Waals surface area contributed by atoms with Gasteiger partial charge >= 0.3 is 0 Å². The molecule has 0 heterocycles. The highest BCUT2D eigenvalue weighted by Gasteiger charge is 2.08. The van der Waals surface area contributed by atoms with Gasteiger partial charge in [-0.2, -0.15) is 0 Å². The van der Waals surface area contributed by atoms with Gasteiger partial charge < -0.3 is 20.1 Å². The summed E-state index contributed by atoms with van der Waals surface area (Å²) in [5.41, 5.74) is 1.72. The molecule has 2 aromatic carbocycles. The van der Waals surface area contributed by atoms with Crippen molar-refractivity contribution in [3.8, 4) is 11.5 Å². The lowest BCUT2D eigenvalue weighted by atomic mass is 10.1. The highest BCUT2D eigenvalue weighted by atomic mass is 19.1. The van der Waals surface area contributed by atoms with E-state index in [1.54, 1.807) is 25.3 Å². The maximum Gasteiger partial charge on any atom is 0.257 e. The molecule has 0 radical (unpaired) electrons. The fraction of sp³-hybridized carbons (Fsp3) is 0.350. The van der Waals surface area contributed by atoms with Crippen LogP contribution >= 0.6 is 0 Å². The minimum absolute atomic E-state index is 0.0512. The summed E-state index contributed by atoms with van der Waals surface area (Å²) in [5, 5.41) is 5.96. The maximum absolute atomic E-state index is 13.6. The van der Waals surface area contributed by atoms with Crippen molar-refractivity contribution < 1.29 is 18.7 Å². The van der Waals surface area contributed by atoms with Gasteiger partial charge in [0, 0.05) is 13.1 Å². The van der Waals surface area contributed by atoms with E-state index in [0.717, 1.165) is 5.56 Å². The molecule has 0 aliphatic carbocycles. The third-order valence-electron chi connectivity index (χ3n) is 3.82. The number of rotatable bonds is 10. The molecule has 2 aromatic rings. The van der Waals surface area contributed by atoms with Crippen LogP contribution in [0.2, 0.25) is 0 Å². The van der Waals surface area contributed by atoms with Crippen LogP contribution in [0.15, 0.2) is 42.5 Å². The van der Waals surface area contributed by atoms with Crippen LogP contribution in [0.25, 0.3) is 0 Å². The molecule has 1 amide bonds. The van der Waals surface area contributed by atoms with E-state index < -0.39 is 0 Å². The first-order chi connectivity index (χ1) is 12.6. The van der Waals surface area contributed by atoms with Gasteiger partial charge in [0.25, 0.3) is 5.91 Å². The van der Waals surface area contributed by atoms with Gasteiger partial charge in [0.15, 0.2) is 18.1 Å². The lowest BCUT2D eigenvalue weighted by Crippen LogP contribution is -2.28. The van der Waals surface area contributed by atoms with Crippen LogP contribution in [-0.2, 0) is 17.8 Å². The van der Waals surface area contributed by atoms with Crippen LogP contribution in [-0.4, -0.2) is 32.7 Å². The van der Waals surface area contributed by atoms with Crippen LogP contribution in [0.4, 0.5) is 4.39 Å². The molecule has 0 fully saturated rings. The SMILES string of the molecule is CCNC(=O)COc1ccc(CNCCc2ccccc2F)cc1OC. The zero-order valence-corrected chi connectivity index (χ0v) is 15.2. The first-order valence-corrected chi connectivity index (χ1v) is 8.64. The quantitative estimate of drug-likeness (QED) is 0.640. The van der Waals surface area contributed by atoms with E-state index >= 15 is 0 Å². The minimum Gasteiger partial charge on any atom is -0.493 e. The maximum atomic E-state index is 13.6. The molecule has 0 spiro atoms. The molecule has 0 unspecified atom stereocenters. The third-order valence-corrected chi connectivity index (χ3v) is 3.82. The summed E-state index contributed by atoms with van der Waals surface area (Å²) in [7, 11) is 1.56. The minimum atomic E-state index is -0.176. The van der Waals surface area contributed by atoms with Crippen molar-refractivity contribution >= 4 is 5.91 Å².